The highest BCUT2D eigenvalue weighted by molar-refractivity contribution is 7.92. The number of carbonyl (C=O) groups is 1. The number of hydrogen-bond acceptors (Lipinski definition) is 4. The zero-order valence-corrected chi connectivity index (χ0v) is 16.5. The van der Waals surface area contributed by atoms with Crippen molar-refractivity contribution in [2.75, 3.05) is 4.31 Å². The maximum Gasteiger partial charge on any atom is 0.264 e. The van der Waals surface area contributed by atoms with Crippen molar-refractivity contribution in [1.82, 2.24) is 4.98 Å². The van der Waals surface area contributed by atoms with Gasteiger partial charge in [-0.15, -0.1) is 0 Å². The van der Waals surface area contributed by atoms with E-state index in [-0.39, 0.29) is 17.2 Å². The Hall–Kier alpha value is -2.99. The van der Waals surface area contributed by atoms with Crippen LogP contribution in [0.25, 0.3) is 0 Å². The zero-order chi connectivity index (χ0) is 20.0. The average molecular weight is 394 g/mol. The van der Waals surface area contributed by atoms with E-state index in [1.807, 2.05) is 13.0 Å². The predicted molar refractivity (Wildman–Crippen MR) is 110 cm³/mol. The SMILES string of the molecule is CCCC(=O)c1cccc(N(Cc2cccnc2)S(=O)(=O)c2ccccc2)c1. The molecule has 0 aliphatic rings. The Bertz CT molecular complexity index is 1040. The first-order chi connectivity index (χ1) is 13.5. The smallest absolute Gasteiger partial charge is 0.264 e. The summed E-state index contributed by atoms with van der Waals surface area (Å²) in [5, 5.41) is 0. The molecule has 0 unspecified atom stereocenters. The quantitative estimate of drug-likeness (QED) is 0.529. The lowest BCUT2D eigenvalue weighted by Crippen LogP contribution is -2.30. The maximum atomic E-state index is 13.4. The predicted octanol–water partition coefficient (Wildman–Crippen LogP) is 4.46. The van der Waals surface area contributed by atoms with Crippen molar-refractivity contribution in [2.45, 2.75) is 31.2 Å². The van der Waals surface area contributed by atoms with Crippen LogP contribution in [0.15, 0.2) is 84.0 Å². The number of rotatable bonds is 8. The lowest BCUT2D eigenvalue weighted by molar-refractivity contribution is 0.0981. The number of benzene rings is 2. The third-order valence-corrected chi connectivity index (χ3v) is 6.10. The molecular weight excluding hydrogens is 372 g/mol. The van der Waals surface area contributed by atoms with E-state index in [1.54, 1.807) is 73.1 Å². The van der Waals surface area contributed by atoms with Gasteiger partial charge in [0.15, 0.2) is 5.78 Å². The van der Waals surface area contributed by atoms with Crippen molar-refractivity contribution in [1.29, 1.82) is 0 Å². The van der Waals surface area contributed by atoms with E-state index in [4.69, 9.17) is 0 Å². The molecule has 3 rings (SSSR count). The van der Waals surface area contributed by atoms with Crippen LogP contribution in [0.1, 0.15) is 35.7 Å². The van der Waals surface area contributed by atoms with E-state index in [2.05, 4.69) is 4.98 Å². The van der Waals surface area contributed by atoms with Crippen LogP contribution < -0.4 is 4.31 Å². The fourth-order valence-electron chi connectivity index (χ4n) is 2.90. The minimum absolute atomic E-state index is 0.00258. The molecule has 0 N–H and O–H groups in total. The molecule has 0 spiro atoms. The summed E-state index contributed by atoms with van der Waals surface area (Å²) >= 11 is 0. The second-order valence-corrected chi connectivity index (χ2v) is 8.27. The summed E-state index contributed by atoms with van der Waals surface area (Å²) in [5.74, 6) is 0.00258. The molecule has 0 atom stereocenters. The van der Waals surface area contributed by atoms with Crippen molar-refractivity contribution in [3.63, 3.8) is 0 Å². The Morgan fingerprint density at radius 2 is 1.79 bits per heavy atom. The second kappa shape index (κ2) is 8.80. The second-order valence-electron chi connectivity index (χ2n) is 6.41. The summed E-state index contributed by atoms with van der Waals surface area (Å²) in [7, 11) is -3.81. The summed E-state index contributed by atoms with van der Waals surface area (Å²) in [6, 6.07) is 18.7. The minimum atomic E-state index is -3.81. The Labute approximate surface area is 165 Å². The van der Waals surface area contributed by atoms with Crippen LogP contribution in [0.4, 0.5) is 5.69 Å². The van der Waals surface area contributed by atoms with Gasteiger partial charge in [0.25, 0.3) is 10.0 Å². The van der Waals surface area contributed by atoms with E-state index < -0.39 is 10.0 Å². The highest BCUT2D eigenvalue weighted by atomic mass is 32.2. The summed E-state index contributed by atoms with van der Waals surface area (Å²) in [4.78, 5) is 16.6. The van der Waals surface area contributed by atoms with Gasteiger partial charge >= 0.3 is 0 Å². The monoisotopic (exact) mass is 394 g/mol. The molecule has 0 aliphatic heterocycles. The van der Waals surface area contributed by atoms with E-state index in [0.29, 0.717) is 17.7 Å². The molecule has 0 amide bonds. The molecule has 2 aromatic carbocycles. The molecule has 0 saturated heterocycles. The van der Waals surface area contributed by atoms with E-state index in [0.717, 1.165) is 12.0 Å². The van der Waals surface area contributed by atoms with Crippen LogP contribution >= 0.6 is 0 Å². The normalized spacial score (nSPS) is 11.2. The van der Waals surface area contributed by atoms with E-state index in [1.165, 1.54) is 4.31 Å². The van der Waals surface area contributed by atoms with Gasteiger partial charge in [-0.25, -0.2) is 8.42 Å². The van der Waals surface area contributed by atoms with Crippen LogP contribution in [0.3, 0.4) is 0 Å². The van der Waals surface area contributed by atoms with Crippen molar-refractivity contribution in [2.24, 2.45) is 0 Å². The van der Waals surface area contributed by atoms with Crippen LogP contribution in [0, 0.1) is 0 Å². The highest BCUT2D eigenvalue weighted by Crippen LogP contribution is 2.27. The molecule has 6 heteroatoms. The Morgan fingerprint density at radius 3 is 2.46 bits per heavy atom. The van der Waals surface area contributed by atoms with Crippen LogP contribution in [-0.2, 0) is 16.6 Å². The molecule has 0 bridgehead atoms. The fourth-order valence-corrected chi connectivity index (χ4v) is 4.36. The third kappa shape index (κ3) is 4.46. The van der Waals surface area contributed by atoms with Crippen molar-refractivity contribution < 1.29 is 13.2 Å². The van der Waals surface area contributed by atoms with Gasteiger partial charge < -0.3 is 0 Å². The average Bonchev–Trinajstić information content (AvgIpc) is 2.73. The van der Waals surface area contributed by atoms with Gasteiger partial charge in [0, 0.05) is 24.4 Å². The largest absolute Gasteiger partial charge is 0.294 e. The van der Waals surface area contributed by atoms with E-state index >= 15 is 0 Å². The van der Waals surface area contributed by atoms with Gasteiger partial charge in [-0.3, -0.25) is 14.1 Å². The van der Waals surface area contributed by atoms with E-state index in [9.17, 15) is 13.2 Å². The lowest BCUT2D eigenvalue weighted by Gasteiger charge is -2.25. The van der Waals surface area contributed by atoms with Gasteiger partial charge in [-0.1, -0.05) is 43.3 Å². The minimum Gasteiger partial charge on any atom is -0.294 e. The fraction of sp³-hybridized carbons (Fsp3) is 0.182. The molecule has 1 heterocycles. The van der Waals surface area contributed by atoms with Gasteiger partial charge in [0.05, 0.1) is 17.1 Å². The number of nitrogens with zero attached hydrogens (tertiary/aromatic N) is 2. The Balaban J connectivity index is 2.07. The standard InChI is InChI=1S/C22H22N2O3S/c1-2-8-22(25)19-10-6-11-20(15-19)24(17-18-9-7-14-23-16-18)28(26,27)21-12-4-3-5-13-21/h3-7,9-16H,2,8,17H2,1H3. The first-order valence-electron chi connectivity index (χ1n) is 9.12. The zero-order valence-electron chi connectivity index (χ0n) is 15.7. The molecule has 28 heavy (non-hydrogen) atoms. The summed E-state index contributed by atoms with van der Waals surface area (Å²) in [6.45, 7) is 2.06. The number of pyridine rings is 1. The lowest BCUT2D eigenvalue weighted by atomic mass is 10.1. The van der Waals surface area contributed by atoms with Gasteiger partial charge in [-0.05, 0) is 42.3 Å². The summed E-state index contributed by atoms with van der Waals surface area (Å²) < 4.78 is 28.1. The number of aromatic nitrogens is 1. The topological polar surface area (TPSA) is 67.3 Å². The Morgan fingerprint density at radius 1 is 1.00 bits per heavy atom. The summed E-state index contributed by atoms with van der Waals surface area (Å²) in [6.07, 6.45) is 4.45. The van der Waals surface area contributed by atoms with Gasteiger partial charge in [-0.2, -0.15) is 0 Å². The maximum absolute atomic E-state index is 13.4. The molecule has 0 fully saturated rings. The highest BCUT2D eigenvalue weighted by Gasteiger charge is 2.25. The van der Waals surface area contributed by atoms with Crippen LogP contribution in [0.5, 0.6) is 0 Å². The molecule has 144 valence electrons. The van der Waals surface area contributed by atoms with Crippen LogP contribution in [0.2, 0.25) is 0 Å². The van der Waals surface area contributed by atoms with Gasteiger partial charge in [0.1, 0.15) is 0 Å². The molecule has 0 saturated carbocycles. The molecule has 0 radical (unpaired) electrons. The molecule has 5 nitrogen and oxygen atoms in total. The van der Waals surface area contributed by atoms with Crippen molar-refractivity contribution >= 4 is 21.5 Å². The number of anilines is 1. The first-order valence-corrected chi connectivity index (χ1v) is 10.6. The van der Waals surface area contributed by atoms with Crippen molar-refractivity contribution in [3.05, 3.63) is 90.3 Å². The molecule has 0 aliphatic carbocycles. The molecule has 3 aromatic rings. The number of hydrogen-bond donors (Lipinski definition) is 0. The third-order valence-electron chi connectivity index (χ3n) is 4.31. The summed E-state index contributed by atoms with van der Waals surface area (Å²) in [5.41, 5.74) is 1.72. The Kier molecular flexibility index (Phi) is 6.21. The number of Topliss-reactive ketones (excluding diaryl/α,β-unsaturated/α-hetero) is 1. The number of carbonyl (C=O) groups excluding carboxylic acids is 1. The molecule has 1 aromatic heterocycles. The molecular formula is C22H22N2O3S. The first kappa shape index (κ1) is 19.8. The van der Waals surface area contributed by atoms with Crippen LogP contribution in [-0.4, -0.2) is 19.2 Å². The number of ketones is 1. The number of sulfonamides is 1. The van der Waals surface area contributed by atoms with Crippen molar-refractivity contribution in [3.8, 4) is 0 Å². The van der Waals surface area contributed by atoms with Gasteiger partial charge in [0.2, 0.25) is 0 Å².